The van der Waals surface area contributed by atoms with Crippen LogP contribution < -0.4 is 5.56 Å². The molecular formula is C20H18F3N2O. The van der Waals surface area contributed by atoms with Crippen LogP contribution in [0.4, 0.5) is 13.2 Å². The summed E-state index contributed by atoms with van der Waals surface area (Å²) in [4.78, 5) is 17.3. The van der Waals surface area contributed by atoms with Crippen molar-refractivity contribution in [3.63, 3.8) is 0 Å². The maximum atomic E-state index is 14.2. The lowest BCUT2D eigenvalue weighted by molar-refractivity contribution is 0.478. The van der Waals surface area contributed by atoms with Gasteiger partial charge < -0.3 is 0 Å². The van der Waals surface area contributed by atoms with Crippen molar-refractivity contribution in [1.29, 1.82) is 0 Å². The zero-order valence-corrected chi connectivity index (χ0v) is 14.7. The minimum absolute atomic E-state index is 0.0255. The van der Waals surface area contributed by atoms with Crippen LogP contribution in [0.2, 0.25) is 0 Å². The Morgan fingerprint density at radius 2 is 1.73 bits per heavy atom. The van der Waals surface area contributed by atoms with Crippen molar-refractivity contribution in [2.24, 2.45) is 5.41 Å². The number of rotatable bonds is 3. The Balaban J connectivity index is 2.31. The molecule has 0 amide bonds. The molecule has 26 heavy (non-hydrogen) atoms. The first-order valence-electron chi connectivity index (χ1n) is 8.17. The molecule has 0 N–H and O–H groups in total. The second-order valence-corrected chi connectivity index (χ2v) is 7.20. The zero-order valence-electron chi connectivity index (χ0n) is 14.7. The topological polar surface area (TPSA) is 34.9 Å². The molecule has 3 nitrogen and oxygen atoms in total. The summed E-state index contributed by atoms with van der Waals surface area (Å²) >= 11 is 0. The molecule has 135 valence electrons. The molecule has 0 aliphatic heterocycles. The molecule has 0 atom stereocenters. The molecule has 0 fully saturated rings. The van der Waals surface area contributed by atoms with Crippen LogP contribution in [0.25, 0.3) is 16.6 Å². The van der Waals surface area contributed by atoms with Gasteiger partial charge in [-0.05, 0) is 36.1 Å². The molecule has 0 bridgehead atoms. The quantitative estimate of drug-likeness (QED) is 0.685. The molecule has 1 radical (unpaired) electrons. The van der Waals surface area contributed by atoms with Crippen molar-refractivity contribution in [3.8, 4) is 5.69 Å². The molecule has 0 aliphatic carbocycles. The Bertz CT molecular complexity index is 1020. The van der Waals surface area contributed by atoms with Gasteiger partial charge in [-0.1, -0.05) is 26.8 Å². The first kappa shape index (κ1) is 18.2. The summed E-state index contributed by atoms with van der Waals surface area (Å²) in [6, 6.07) is 6.93. The van der Waals surface area contributed by atoms with Gasteiger partial charge in [0.2, 0.25) is 0 Å². The monoisotopic (exact) mass is 359 g/mol. The van der Waals surface area contributed by atoms with Crippen molar-refractivity contribution in [3.05, 3.63) is 76.4 Å². The highest BCUT2D eigenvalue weighted by molar-refractivity contribution is 5.78. The average molecular weight is 359 g/mol. The van der Waals surface area contributed by atoms with E-state index in [-0.39, 0.29) is 34.3 Å². The smallest absolute Gasteiger partial charge is 0.268 e. The van der Waals surface area contributed by atoms with E-state index in [1.54, 1.807) is 0 Å². The van der Waals surface area contributed by atoms with E-state index >= 15 is 0 Å². The Labute approximate surface area is 149 Å². The lowest BCUT2D eigenvalue weighted by Gasteiger charge is -2.19. The molecule has 6 heteroatoms. The molecule has 1 heterocycles. The Hall–Kier alpha value is -2.63. The van der Waals surface area contributed by atoms with Gasteiger partial charge in [0.15, 0.2) is 0 Å². The molecule has 3 aromatic rings. The lowest BCUT2D eigenvalue weighted by atomic mass is 9.90. The predicted octanol–water partition coefficient (Wildman–Crippen LogP) is 4.60. The van der Waals surface area contributed by atoms with E-state index in [2.05, 4.69) is 4.98 Å². The summed E-state index contributed by atoms with van der Waals surface area (Å²) in [5.74, 6) is -2.09. The third kappa shape index (κ3) is 3.64. The van der Waals surface area contributed by atoms with Gasteiger partial charge in [0, 0.05) is 12.5 Å². The van der Waals surface area contributed by atoms with Crippen molar-refractivity contribution in [1.82, 2.24) is 9.55 Å². The molecule has 2 aromatic carbocycles. The van der Waals surface area contributed by atoms with Gasteiger partial charge in [-0.2, -0.15) is 0 Å². The molecular weight excluding hydrogens is 341 g/mol. The fourth-order valence-electron chi connectivity index (χ4n) is 2.70. The third-order valence-electron chi connectivity index (χ3n) is 3.92. The van der Waals surface area contributed by atoms with E-state index in [4.69, 9.17) is 0 Å². The standard InChI is InChI=1S/C20H18F3N2O/c1-20(2,3)8-7-17-24-16-6-4-5-15(23)18(16)19(26)25(17)14-10-12(21)9-13(22)11-14/h4-6,8-11H,7H2,1-3H3. The highest BCUT2D eigenvalue weighted by Gasteiger charge is 2.19. The van der Waals surface area contributed by atoms with Crippen LogP contribution in [0.15, 0.2) is 41.2 Å². The molecule has 0 saturated heterocycles. The van der Waals surface area contributed by atoms with E-state index in [9.17, 15) is 18.0 Å². The lowest BCUT2D eigenvalue weighted by Crippen LogP contribution is -2.26. The summed E-state index contributed by atoms with van der Waals surface area (Å²) < 4.78 is 42.6. The van der Waals surface area contributed by atoms with Gasteiger partial charge in [0.25, 0.3) is 5.56 Å². The number of aromatic nitrogens is 2. The van der Waals surface area contributed by atoms with Crippen LogP contribution in [0.3, 0.4) is 0 Å². The van der Waals surface area contributed by atoms with E-state index in [0.29, 0.717) is 6.07 Å². The van der Waals surface area contributed by atoms with E-state index in [0.717, 1.165) is 22.8 Å². The molecule has 0 unspecified atom stereocenters. The highest BCUT2D eigenvalue weighted by atomic mass is 19.1. The van der Waals surface area contributed by atoms with Crippen molar-refractivity contribution >= 4 is 10.9 Å². The first-order valence-corrected chi connectivity index (χ1v) is 8.17. The maximum Gasteiger partial charge on any atom is 0.268 e. The number of hydrogen-bond acceptors (Lipinski definition) is 2. The molecule has 1 aromatic heterocycles. The summed E-state index contributed by atoms with van der Waals surface area (Å²) in [5, 5.41) is -0.211. The van der Waals surface area contributed by atoms with Gasteiger partial charge in [-0.15, -0.1) is 0 Å². The van der Waals surface area contributed by atoms with Crippen LogP contribution in [0.5, 0.6) is 0 Å². The van der Waals surface area contributed by atoms with Gasteiger partial charge in [0.1, 0.15) is 28.7 Å². The summed E-state index contributed by atoms with van der Waals surface area (Å²) in [5.41, 5.74) is -0.676. The van der Waals surface area contributed by atoms with Gasteiger partial charge in [-0.25, -0.2) is 18.2 Å². The van der Waals surface area contributed by atoms with Crippen LogP contribution >= 0.6 is 0 Å². The predicted molar refractivity (Wildman–Crippen MR) is 94.7 cm³/mol. The summed E-state index contributed by atoms with van der Waals surface area (Å²) in [6.45, 7) is 5.95. The number of halogens is 3. The van der Waals surface area contributed by atoms with E-state index < -0.39 is 23.0 Å². The van der Waals surface area contributed by atoms with E-state index in [1.165, 1.54) is 12.1 Å². The fraction of sp³-hybridized carbons (Fsp3) is 0.250. The number of hydrogen-bond donors (Lipinski definition) is 0. The minimum Gasteiger partial charge on any atom is -0.268 e. The molecule has 0 saturated carbocycles. The van der Waals surface area contributed by atoms with Crippen LogP contribution in [-0.2, 0) is 6.42 Å². The third-order valence-corrected chi connectivity index (χ3v) is 3.92. The van der Waals surface area contributed by atoms with Gasteiger partial charge in [-0.3, -0.25) is 9.36 Å². The van der Waals surface area contributed by atoms with Crippen molar-refractivity contribution in [2.45, 2.75) is 27.2 Å². The SMILES string of the molecule is CC(C)(C)[CH]Cc1nc2cccc(F)c2c(=O)n1-c1cc(F)cc(F)c1. The largest absolute Gasteiger partial charge is 0.268 e. The number of nitrogens with zero attached hydrogens (tertiary/aromatic N) is 2. The Morgan fingerprint density at radius 1 is 1.08 bits per heavy atom. The van der Waals surface area contributed by atoms with Crippen LogP contribution in [0.1, 0.15) is 26.6 Å². The molecule has 3 rings (SSSR count). The average Bonchev–Trinajstić information content (AvgIpc) is 2.51. The maximum absolute atomic E-state index is 14.2. The second-order valence-electron chi connectivity index (χ2n) is 7.20. The van der Waals surface area contributed by atoms with Crippen LogP contribution in [-0.4, -0.2) is 9.55 Å². The van der Waals surface area contributed by atoms with Gasteiger partial charge >= 0.3 is 0 Å². The number of fused-ring (bicyclic) bond motifs is 1. The Kier molecular flexibility index (Phi) is 4.61. The van der Waals surface area contributed by atoms with Gasteiger partial charge in [0.05, 0.1) is 11.2 Å². The molecule has 0 aliphatic rings. The van der Waals surface area contributed by atoms with Crippen LogP contribution in [0, 0.1) is 29.3 Å². The first-order chi connectivity index (χ1) is 12.2. The second kappa shape index (κ2) is 6.59. The van der Waals surface area contributed by atoms with Crippen molar-refractivity contribution in [2.75, 3.05) is 0 Å². The zero-order chi connectivity index (χ0) is 19.1. The fourth-order valence-corrected chi connectivity index (χ4v) is 2.70. The minimum atomic E-state index is -0.828. The highest BCUT2D eigenvalue weighted by Crippen LogP contribution is 2.22. The summed E-state index contributed by atoms with van der Waals surface area (Å²) in [7, 11) is 0. The Morgan fingerprint density at radius 3 is 2.35 bits per heavy atom. The normalized spacial score (nSPS) is 11.9. The number of benzene rings is 2. The molecule has 0 spiro atoms. The van der Waals surface area contributed by atoms with Crippen molar-refractivity contribution < 1.29 is 13.2 Å². The van der Waals surface area contributed by atoms with E-state index in [1.807, 2.05) is 27.2 Å². The summed E-state index contributed by atoms with van der Waals surface area (Å²) in [6.07, 6.45) is 2.22.